The number of carbonyl (C=O) groups excluding carboxylic acids is 2. The second-order valence-corrected chi connectivity index (χ2v) is 7.31. The molecule has 4 atom stereocenters. The van der Waals surface area contributed by atoms with Crippen molar-refractivity contribution in [3.63, 3.8) is 0 Å². The topological polar surface area (TPSA) is 93.5 Å². The summed E-state index contributed by atoms with van der Waals surface area (Å²) in [5, 5.41) is 5.83. The van der Waals surface area contributed by atoms with Gasteiger partial charge in [0.05, 0.1) is 5.92 Å². The number of benzene rings is 1. The average molecular weight is 359 g/mol. The largest absolute Gasteiger partial charge is 0.382 e. The fourth-order valence-electron chi connectivity index (χ4n) is 4.31. The smallest absolute Gasteiger partial charge is 0.251 e. The summed E-state index contributed by atoms with van der Waals surface area (Å²) in [5.41, 5.74) is 7.43. The van der Waals surface area contributed by atoms with Crippen LogP contribution in [-0.4, -0.2) is 37.6 Å². The number of amides is 2. The van der Waals surface area contributed by atoms with E-state index in [1.165, 1.54) is 0 Å². The molecule has 4 unspecified atom stereocenters. The molecule has 2 aliphatic rings. The molecule has 2 bridgehead atoms. The van der Waals surface area contributed by atoms with E-state index in [2.05, 4.69) is 10.6 Å². The van der Waals surface area contributed by atoms with Crippen LogP contribution < -0.4 is 16.4 Å². The summed E-state index contributed by atoms with van der Waals surface area (Å²) in [5.74, 6) is 0.634. The fraction of sp³-hybridized carbons (Fsp3) is 0.600. The molecule has 0 saturated heterocycles. The summed E-state index contributed by atoms with van der Waals surface area (Å²) < 4.78 is 5.25. The maximum absolute atomic E-state index is 12.7. The molecule has 0 aliphatic heterocycles. The Bertz CT molecular complexity index is 647. The maximum Gasteiger partial charge on any atom is 0.251 e. The summed E-state index contributed by atoms with van der Waals surface area (Å²) in [6.07, 6.45) is 4.09. The Balaban J connectivity index is 1.54. The van der Waals surface area contributed by atoms with Crippen LogP contribution in [0.2, 0.25) is 0 Å². The minimum Gasteiger partial charge on any atom is -0.382 e. The summed E-state index contributed by atoms with van der Waals surface area (Å²) in [6.45, 7) is 3.83. The normalized spacial score (nSPS) is 26.7. The Kier molecular flexibility index (Phi) is 6.27. The summed E-state index contributed by atoms with van der Waals surface area (Å²) >= 11 is 0. The molecule has 2 saturated carbocycles. The van der Waals surface area contributed by atoms with Crippen molar-refractivity contribution in [1.29, 1.82) is 0 Å². The van der Waals surface area contributed by atoms with Gasteiger partial charge in [-0.25, -0.2) is 0 Å². The molecule has 0 spiro atoms. The summed E-state index contributed by atoms with van der Waals surface area (Å²) in [7, 11) is 0. The molecule has 142 valence electrons. The first-order chi connectivity index (χ1) is 12.6. The van der Waals surface area contributed by atoms with Crippen LogP contribution in [0.5, 0.6) is 0 Å². The highest BCUT2D eigenvalue weighted by Crippen LogP contribution is 2.47. The Morgan fingerprint density at radius 3 is 2.81 bits per heavy atom. The van der Waals surface area contributed by atoms with Gasteiger partial charge in [-0.1, -0.05) is 6.07 Å². The highest BCUT2D eigenvalue weighted by Gasteiger charge is 2.49. The molecule has 26 heavy (non-hydrogen) atoms. The van der Waals surface area contributed by atoms with Gasteiger partial charge in [0.25, 0.3) is 5.91 Å². The first-order valence-corrected chi connectivity index (χ1v) is 9.62. The minimum atomic E-state index is -0.144. The number of rotatable bonds is 8. The quantitative estimate of drug-likeness (QED) is 0.620. The van der Waals surface area contributed by atoms with Crippen molar-refractivity contribution in [2.75, 3.05) is 25.1 Å². The minimum absolute atomic E-state index is 0.0148. The Morgan fingerprint density at radius 2 is 2.08 bits per heavy atom. The molecule has 2 aliphatic carbocycles. The van der Waals surface area contributed by atoms with Crippen molar-refractivity contribution < 1.29 is 14.3 Å². The Morgan fingerprint density at radius 1 is 1.27 bits per heavy atom. The molecule has 6 heteroatoms. The molecular formula is C20H29N3O3. The van der Waals surface area contributed by atoms with E-state index in [0.29, 0.717) is 42.8 Å². The van der Waals surface area contributed by atoms with Crippen molar-refractivity contribution >= 4 is 17.5 Å². The Hall–Kier alpha value is -1.92. The predicted molar refractivity (Wildman–Crippen MR) is 101 cm³/mol. The average Bonchev–Trinajstić information content (AvgIpc) is 3.22. The first kappa shape index (κ1) is 18.9. The molecular weight excluding hydrogens is 330 g/mol. The predicted octanol–water partition coefficient (Wildman–Crippen LogP) is 2.15. The van der Waals surface area contributed by atoms with Crippen molar-refractivity contribution in [2.45, 2.75) is 38.6 Å². The number of nitrogens with one attached hydrogen (secondary N) is 2. The summed E-state index contributed by atoms with van der Waals surface area (Å²) in [6, 6.07) is 7.02. The number of anilines is 1. The van der Waals surface area contributed by atoms with Crippen LogP contribution in [0.25, 0.3) is 0 Å². The third-order valence-corrected chi connectivity index (χ3v) is 5.63. The van der Waals surface area contributed by atoms with Gasteiger partial charge in [-0.2, -0.15) is 0 Å². The standard InChI is InChI=1S/C20H29N3O3/c1-2-26-10-4-9-22-19(24)15-5-3-6-16(12-15)23-20(25)17-13-7-8-14(11-13)18(17)21/h3,5-6,12-14,17-18H,2,4,7-11,21H2,1H3,(H,22,24)(H,23,25). The van der Waals surface area contributed by atoms with Crippen LogP contribution in [0.4, 0.5) is 5.69 Å². The maximum atomic E-state index is 12.7. The lowest BCUT2D eigenvalue weighted by Gasteiger charge is -2.27. The van der Waals surface area contributed by atoms with Gasteiger partial charge in [0.15, 0.2) is 0 Å². The van der Waals surface area contributed by atoms with Gasteiger partial charge in [0.2, 0.25) is 5.91 Å². The SMILES string of the molecule is CCOCCCNC(=O)c1cccc(NC(=O)C2C3CCC(C3)C2N)c1. The number of nitrogens with two attached hydrogens (primary N) is 1. The lowest BCUT2D eigenvalue weighted by molar-refractivity contribution is -0.121. The first-order valence-electron chi connectivity index (χ1n) is 9.62. The molecule has 0 radical (unpaired) electrons. The van der Waals surface area contributed by atoms with Crippen molar-refractivity contribution in [3.8, 4) is 0 Å². The highest BCUT2D eigenvalue weighted by atomic mass is 16.5. The summed E-state index contributed by atoms with van der Waals surface area (Å²) in [4.78, 5) is 24.9. The molecule has 3 rings (SSSR count). The molecule has 1 aromatic carbocycles. The van der Waals surface area contributed by atoms with E-state index in [-0.39, 0.29) is 23.8 Å². The van der Waals surface area contributed by atoms with E-state index in [0.717, 1.165) is 25.7 Å². The zero-order chi connectivity index (χ0) is 18.5. The van der Waals surface area contributed by atoms with Crippen LogP contribution >= 0.6 is 0 Å². The van der Waals surface area contributed by atoms with Gasteiger partial charge in [0, 0.05) is 37.1 Å². The van der Waals surface area contributed by atoms with Gasteiger partial charge in [-0.05, 0) is 62.6 Å². The lowest BCUT2D eigenvalue weighted by Crippen LogP contribution is -2.42. The van der Waals surface area contributed by atoms with Gasteiger partial charge >= 0.3 is 0 Å². The lowest BCUT2D eigenvalue weighted by atomic mass is 9.84. The molecule has 6 nitrogen and oxygen atoms in total. The molecule has 0 aromatic heterocycles. The second-order valence-electron chi connectivity index (χ2n) is 7.31. The van der Waals surface area contributed by atoms with Crippen LogP contribution in [-0.2, 0) is 9.53 Å². The second kappa shape index (κ2) is 8.64. The highest BCUT2D eigenvalue weighted by molar-refractivity contribution is 5.98. The van der Waals surface area contributed by atoms with E-state index in [4.69, 9.17) is 10.5 Å². The van der Waals surface area contributed by atoms with E-state index in [1.807, 2.05) is 13.0 Å². The fourth-order valence-corrected chi connectivity index (χ4v) is 4.31. The molecule has 2 amide bonds. The third-order valence-electron chi connectivity index (χ3n) is 5.63. The van der Waals surface area contributed by atoms with Crippen LogP contribution in [0.3, 0.4) is 0 Å². The number of hydrogen-bond donors (Lipinski definition) is 3. The number of hydrogen-bond acceptors (Lipinski definition) is 4. The molecule has 4 N–H and O–H groups in total. The van der Waals surface area contributed by atoms with Gasteiger partial charge in [-0.15, -0.1) is 0 Å². The van der Waals surface area contributed by atoms with Crippen molar-refractivity contribution in [3.05, 3.63) is 29.8 Å². The zero-order valence-corrected chi connectivity index (χ0v) is 15.4. The number of fused-ring (bicyclic) bond motifs is 2. The van der Waals surface area contributed by atoms with Crippen molar-refractivity contribution in [2.24, 2.45) is 23.5 Å². The Labute approximate surface area is 154 Å². The molecule has 0 heterocycles. The number of carbonyl (C=O) groups is 2. The van der Waals surface area contributed by atoms with Crippen LogP contribution in [0.15, 0.2) is 24.3 Å². The van der Waals surface area contributed by atoms with Crippen molar-refractivity contribution in [1.82, 2.24) is 5.32 Å². The van der Waals surface area contributed by atoms with Gasteiger partial charge in [0.1, 0.15) is 0 Å². The van der Waals surface area contributed by atoms with E-state index in [1.54, 1.807) is 18.2 Å². The van der Waals surface area contributed by atoms with Crippen LogP contribution in [0, 0.1) is 17.8 Å². The van der Waals surface area contributed by atoms with Crippen LogP contribution in [0.1, 0.15) is 43.0 Å². The third kappa shape index (κ3) is 4.24. The van der Waals surface area contributed by atoms with Gasteiger partial charge < -0.3 is 21.1 Å². The zero-order valence-electron chi connectivity index (χ0n) is 15.4. The van der Waals surface area contributed by atoms with E-state index < -0.39 is 0 Å². The molecule has 1 aromatic rings. The van der Waals surface area contributed by atoms with E-state index in [9.17, 15) is 9.59 Å². The number of ether oxygens (including phenoxy) is 1. The molecule has 2 fully saturated rings. The van der Waals surface area contributed by atoms with E-state index >= 15 is 0 Å². The van der Waals surface area contributed by atoms with Gasteiger partial charge in [-0.3, -0.25) is 9.59 Å². The monoisotopic (exact) mass is 359 g/mol.